The van der Waals surface area contributed by atoms with Gasteiger partial charge in [0.25, 0.3) is 0 Å². The number of nitriles is 1. The molecule has 9 nitrogen and oxygen atoms in total. The minimum Gasteiger partial charge on any atom is -0.463 e. The maximum absolute atomic E-state index is 12.6. The number of benzene rings is 2. The lowest BCUT2D eigenvalue weighted by atomic mass is 9.69. The van der Waals surface area contributed by atoms with E-state index in [4.69, 9.17) is 14.7 Å². The largest absolute Gasteiger partial charge is 0.463 e. The van der Waals surface area contributed by atoms with Gasteiger partial charge >= 0.3 is 6.01 Å². The molecule has 1 aliphatic carbocycles. The Morgan fingerprint density at radius 2 is 1.84 bits per heavy atom. The van der Waals surface area contributed by atoms with E-state index in [1.165, 1.54) is 67.7 Å². The van der Waals surface area contributed by atoms with Crippen LogP contribution in [0.15, 0.2) is 55.1 Å². The normalized spacial score (nSPS) is 21.2. The minimum absolute atomic E-state index is 0.127. The standard InChI is InChI=1S/C36H43N7O2/c1-2-33(44)43-22-21-42(23-28(43)13-17-37)34-30-14-20-41(32-12-7-10-27-9-3-4-11-29(27)32)24-31(30)38-35(39-34)45-26-36(15-8-16-36)25-40-18-5-6-19-40/h2-4,7,9-12,28H,1,5-6,8,13-16,18-26H2. The molecule has 45 heavy (non-hydrogen) atoms. The first-order valence-electron chi connectivity index (χ1n) is 16.6. The van der Waals surface area contributed by atoms with E-state index in [9.17, 15) is 10.1 Å². The lowest BCUT2D eigenvalue weighted by Crippen LogP contribution is -2.55. The van der Waals surface area contributed by atoms with E-state index in [1.54, 1.807) is 4.90 Å². The van der Waals surface area contributed by atoms with Crippen molar-refractivity contribution in [3.8, 4) is 12.1 Å². The number of amides is 1. The van der Waals surface area contributed by atoms with E-state index < -0.39 is 0 Å². The maximum Gasteiger partial charge on any atom is 0.318 e. The Balaban J connectivity index is 1.19. The Bertz CT molecular complexity index is 1600. The molecule has 0 spiro atoms. The van der Waals surface area contributed by atoms with Crippen molar-refractivity contribution in [3.05, 3.63) is 66.4 Å². The summed E-state index contributed by atoms with van der Waals surface area (Å²) >= 11 is 0. The molecule has 0 N–H and O–H groups in total. The molecule has 234 valence electrons. The summed E-state index contributed by atoms with van der Waals surface area (Å²) < 4.78 is 6.56. The number of piperazine rings is 1. The molecule has 1 atom stereocenters. The van der Waals surface area contributed by atoms with Gasteiger partial charge in [0.2, 0.25) is 5.91 Å². The number of aromatic nitrogens is 2. The van der Waals surface area contributed by atoms with Crippen LogP contribution >= 0.6 is 0 Å². The van der Waals surface area contributed by atoms with Gasteiger partial charge in [-0.2, -0.15) is 15.2 Å². The van der Waals surface area contributed by atoms with Crippen LogP contribution in [0.1, 0.15) is 49.8 Å². The van der Waals surface area contributed by atoms with E-state index in [-0.39, 0.29) is 23.8 Å². The van der Waals surface area contributed by atoms with Crippen LogP contribution in [0.4, 0.5) is 11.5 Å². The molecule has 1 unspecified atom stereocenters. The van der Waals surface area contributed by atoms with Gasteiger partial charge in [0.05, 0.1) is 37.4 Å². The van der Waals surface area contributed by atoms with Crippen LogP contribution in [-0.2, 0) is 17.8 Å². The van der Waals surface area contributed by atoms with Gasteiger partial charge in [-0.15, -0.1) is 0 Å². The quantitative estimate of drug-likeness (QED) is 0.317. The van der Waals surface area contributed by atoms with Crippen molar-refractivity contribution in [2.45, 2.75) is 57.5 Å². The monoisotopic (exact) mass is 605 g/mol. The molecule has 1 saturated carbocycles. The zero-order valence-corrected chi connectivity index (χ0v) is 26.2. The number of rotatable bonds is 9. The highest BCUT2D eigenvalue weighted by atomic mass is 16.5. The van der Waals surface area contributed by atoms with E-state index in [2.05, 4.69) is 69.8 Å². The molecule has 1 aromatic heterocycles. The summed E-state index contributed by atoms with van der Waals surface area (Å²) in [4.78, 5) is 31.8. The molecule has 7 rings (SSSR count). The number of carbonyl (C=O) groups is 1. The third-order valence-electron chi connectivity index (χ3n) is 10.4. The fourth-order valence-electron chi connectivity index (χ4n) is 7.80. The van der Waals surface area contributed by atoms with Crippen LogP contribution in [-0.4, -0.2) is 84.1 Å². The summed E-state index contributed by atoms with van der Waals surface area (Å²) in [7, 11) is 0. The van der Waals surface area contributed by atoms with Crippen LogP contribution in [0.2, 0.25) is 0 Å². The lowest BCUT2D eigenvalue weighted by molar-refractivity contribution is -0.128. The van der Waals surface area contributed by atoms with Crippen LogP contribution in [0, 0.1) is 16.7 Å². The van der Waals surface area contributed by atoms with Crippen molar-refractivity contribution in [1.29, 1.82) is 5.26 Å². The van der Waals surface area contributed by atoms with Gasteiger partial charge in [-0.25, -0.2) is 0 Å². The molecule has 2 aromatic carbocycles. The highest BCUT2D eigenvalue weighted by molar-refractivity contribution is 5.94. The fourth-order valence-corrected chi connectivity index (χ4v) is 7.80. The van der Waals surface area contributed by atoms with Gasteiger partial charge in [0.15, 0.2) is 0 Å². The summed E-state index contributed by atoms with van der Waals surface area (Å²) in [6.45, 7) is 11.0. The van der Waals surface area contributed by atoms with Crippen LogP contribution in [0.3, 0.4) is 0 Å². The Labute approximate surface area is 266 Å². The van der Waals surface area contributed by atoms with Gasteiger partial charge in [-0.05, 0) is 62.7 Å². The molecule has 3 aliphatic heterocycles. The number of ether oxygens (including phenoxy) is 1. The first-order chi connectivity index (χ1) is 22.1. The van der Waals surface area contributed by atoms with Crippen molar-refractivity contribution in [2.75, 3.05) is 62.2 Å². The molecular weight excluding hydrogens is 562 g/mol. The summed E-state index contributed by atoms with van der Waals surface area (Å²) in [6, 6.07) is 17.5. The summed E-state index contributed by atoms with van der Waals surface area (Å²) in [5.41, 5.74) is 3.53. The van der Waals surface area contributed by atoms with E-state index in [0.29, 0.717) is 38.8 Å². The van der Waals surface area contributed by atoms with Crippen molar-refractivity contribution >= 4 is 28.2 Å². The predicted molar refractivity (Wildman–Crippen MR) is 176 cm³/mol. The zero-order chi connectivity index (χ0) is 30.8. The predicted octanol–water partition coefficient (Wildman–Crippen LogP) is 4.95. The number of likely N-dealkylation sites (tertiary alicyclic amines) is 1. The smallest absolute Gasteiger partial charge is 0.318 e. The van der Waals surface area contributed by atoms with Gasteiger partial charge in [-0.1, -0.05) is 49.4 Å². The van der Waals surface area contributed by atoms with Crippen molar-refractivity contribution in [2.24, 2.45) is 5.41 Å². The fraction of sp³-hybridized carbons (Fsp3) is 0.500. The molecule has 0 radical (unpaired) electrons. The maximum atomic E-state index is 12.6. The number of nitrogens with zero attached hydrogens (tertiary/aromatic N) is 7. The second-order valence-corrected chi connectivity index (χ2v) is 13.2. The van der Waals surface area contributed by atoms with Crippen molar-refractivity contribution in [1.82, 2.24) is 19.8 Å². The first kappa shape index (κ1) is 29.5. The van der Waals surface area contributed by atoms with E-state index >= 15 is 0 Å². The summed E-state index contributed by atoms with van der Waals surface area (Å²) in [5.74, 6) is 0.765. The van der Waals surface area contributed by atoms with Crippen molar-refractivity contribution < 1.29 is 9.53 Å². The highest BCUT2D eigenvalue weighted by Crippen LogP contribution is 2.43. The highest BCUT2D eigenvalue weighted by Gasteiger charge is 2.40. The average molecular weight is 606 g/mol. The van der Waals surface area contributed by atoms with Gasteiger partial charge < -0.3 is 24.3 Å². The lowest BCUT2D eigenvalue weighted by Gasteiger charge is -2.44. The topological polar surface area (TPSA) is 88.8 Å². The van der Waals surface area contributed by atoms with Crippen LogP contribution in [0.25, 0.3) is 10.8 Å². The van der Waals surface area contributed by atoms with E-state index in [1.807, 2.05) is 0 Å². The minimum atomic E-state index is -0.223. The molecule has 3 aromatic rings. The molecule has 4 heterocycles. The van der Waals surface area contributed by atoms with Crippen LogP contribution < -0.4 is 14.5 Å². The van der Waals surface area contributed by atoms with Gasteiger partial charge in [0, 0.05) is 54.8 Å². The zero-order valence-electron chi connectivity index (χ0n) is 26.2. The molecule has 0 bridgehead atoms. The SMILES string of the molecule is C=CC(=O)N1CCN(c2nc(OCC3(CN4CCCC4)CCC3)nc3c2CCN(c2cccc4ccccc24)C3)CC1CC#N. The number of hydrogen-bond donors (Lipinski definition) is 0. The summed E-state index contributed by atoms with van der Waals surface area (Å²) in [5, 5.41) is 12.1. The third kappa shape index (κ3) is 5.96. The number of hydrogen-bond acceptors (Lipinski definition) is 8. The second-order valence-electron chi connectivity index (χ2n) is 13.2. The van der Waals surface area contributed by atoms with Gasteiger partial charge in [-0.3, -0.25) is 4.79 Å². The molecule has 3 fully saturated rings. The Morgan fingerprint density at radius 3 is 2.62 bits per heavy atom. The summed E-state index contributed by atoms with van der Waals surface area (Å²) in [6.07, 6.45) is 8.62. The Hall–Kier alpha value is -4.16. The Kier molecular flexibility index (Phi) is 8.33. The number of fused-ring (bicyclic) bond motifs is 2. The molecule has 2 saturated heterocycles. The third-order valence-corrected chi connectivity index (χ3v) is 10.4. The van der Waals surface area contributed by atoms with Gasteiger partial charge in [0.1, 0.15) is 5.82 Å². The number of carbonyl (C=O) groups excluding carboxylic acids is 1. The average Bonchev–Trinajstić information content (AvgIpc) is 3.58. The Morgan fingerprint density at radius 1 is 1.02 bits per heavy atom. The van der Waals surface area contributed by atoms with Crippen molar-refractivity contribution in [3.63, 3.8) is 0 Å². The second kappa shape index (κ2) is 12.7. The molecular formula is C36H43N7O2. The molecule has 9 heteroatoms. The molecule has 1 amide bonds. The van der Waals surface area contributed by atoms with E-state index in [0.717, 1.165) is 36.6 Å². The van der Waals surface area contributed by atoms with Crippen LogP contribution in [0.5, 0.6) is 6.01 Å². The first-order valence-corrected chi connectivity index (χ1v) is 16.6. The molecule has 4 aliphatic rings. The number of anilines is 2.